The Kier molecular flexibility index (Phi) is 3.04. The van der Waals surface area contributed by atoms with Gasteiger partial charge in [-0.05, 0) is 74.0 Å². The zero-order chi connectivity index (χ0) is 15.8. The lowest BCUT2D eigenvalue weighted by atomic mass is 9.45. The number of fused-ring (bicyclic) bond motifs is 7. The second kappa shape index (κ2) is 4.74. The molecule has 6 atom stereocenters. The summed E-state index contributed by atoms with van der Waals surface area (Å²) in [6.45, 7) is 5.17. The topological polar surface area (TPSA) is 38.9 Å². The molecule has 0 unspecified atom stereocenters. The van der Waals surface area contributed by atoms with Crippen molar-refractivity contribution in [2.24, 2.45) is 29.1 Å². The Balaban J connectivity index is 1.51. The lowest BCUT2D eigenvalue weighted by Crippen LogP contribution is -2.53. The average Bonchev–Trinajstić information content (AvgIpc) is 3.02. The number of thiazole rings is 1. The van der Waals surface area contributed by atoms with Gasteiger partial charge in [-0.15, -0.1) is 11.3 Å². The average molecular weight is 331 g/mol. The van der Waals surface area contributed by atoms with E-state index in [9.17, 15) is 0 Å². The largest absolute Gasteiger partial charge is 0.375 e. The molecular formula is C20H30N2S. The summed E-state index contributed by atoms with van der Waals surface area (Å²) in [6.07, 6.45) is 13.0. The Morgan fingerprint density at radius 1 is 1.04 bits per heavy atom. The van der Waals surface area contributed by atoms with Crippen molar-refractivity contribution in [3.05, 3.63) is 10.6 Å². The second-order valence-corrected chi connectivity index (χ2v) is 10.5. The molecule has 0 aliphatic heterocycles. The molecule has 2 N–H and O–H groups in total. The van der Waals surface area contributed by atoms with Crippen LogP contribution in [-0.4, -0.2) is 4.98 Å². The van der Waals surface area contributed by atoms with E-state index in [0.717, 1.165) is 28.8 Å². The summed E-state index contributed by atoms with van der Waals surface area (Å²) in [5.74, 6) is 3.78. The van der Waals surface area contributed by atoms with Gasteiger partial charge in [0.25, 0.3) is 0 Å². The van der Waals surface area contributed by atoms with Crippen molar-refractivity contribution < 1.29 is 0 Å². The van der Waals surface area contributed by atoms with Gasteiger partial charge >= 0.3 is 0 Å². The van der Waals surface area contributed by atoms with Crippen LogP contribution in [0.15, 0.2) is 0 Å². The van der Waals surface area contributed by atoms with E-state index in [0.29, 0.717) is 10.8 Å². The highest BCUT2D eigenvalue weighted by Crippen LogP contribution is 2.65. The first-order valence-corrected chi connectivity index (χ1v) is 10.6. The Morgan fingerprint density at radius 2 is 1.91 bits per heavy atom. The Morgan fingerprint density at radius 3 is 2.78 bits per heavy atom. The molecule has 2 nitrogen and oxygen atoms in total. The normalized spacial score (nSPS) is 48.3. The molecule has 1 aromatic rings. The van der Waals surface area contributed by atoms with Crippen LogP contribution < -0.4 is 5.73 Å². The molecule has 0 amide bonds. The van der Waals surface area contributed by atoms with Crippen molar-refractivity contribution in [3.63, 3.8) is 0 Å². The van der Waals surface area contributed by atoms with E-state index in [4.69, 9.17) is 10.7 Å². The maximum atomic E-state index is 6.02. The van der Waals surface area contributed by atoms with Crippen LogP contribution in [0.1, 0.15) is 75.8 Å². The van der Waals surface area contributed by atoms with Gasteiger partial charge in [-0.1, -0.05) is 26.7 Å². The number of rotatable bonds is 0. The third kappa shape index (κ3) is 1.83. The van der Waals surface area contributed by atoms with E-state index >= 15 is 0 Å². The smallest absolute Gasteiger partial charge is 0.180 e. The van der Waals surface area contributed by atoms with Crippen LogP contribution >= 0.6 is 11.3 Å². The van der Waals surface area contributed by atoms with E-state index in [-0.39, 0.29) is 0 Å². The van der Waals surface area contributed by atoms with Gasteiger partial charge in [0.1, 0.15) is 0 Å². The number of nitrogens with zero attached hydrogens (tertiary/aromatic N) is 1. The molecule has 3 fully saturated rings. The van der Waals surface area contributed by atoms with Crippen LogP contribution in [0, 0.1) is 29.1 Å². The minimum Gasteiger partial charge on any atom is -0.375 e. The molecule has 0 aromatic carbocycles. The molecule has 4 aliphatic rings. The standard InChI is InChI=1S/C20H30N2S/c1-19-9-4-3-5-12(19)6-7-13-14(19)8-10-20(2)15(13)11-16-17(20)22-18(21)23-16/h12-15H,3-11H2,1-2H3,(H2,21,22)/t12-,13-,14-,15-,19+,20+/m1/s1. The fraction of sp³-hybridized carbons (Fsp3) is 0.850. The summed E-state index contributed by atoms with van der Waals surface area (Å²) in [5, 5.41) is 0.791. The summed E-state index contributed by atoms with van der Waals surface area (Å²) in [5.41, 5.74) is 8.37. The highest BCUT2D eigenvalue weighted by atomic mass is 32.1. The molecule has 1 aromatic heterocycles. The van der Waals surface area contributed by atoms with Gasteiger partial charge in [-0.3, -0.25) is 0 Å². The van der Waals surface area contributed by atoms with Crippen LogP contribution in [0.25, 0.3) is 0 Å². The van der Waals surface area contributed by atoms with Crippen LogP contribution in [-0.2, 0) is 11.8 Å². The lowest BCUT2D eigenvalue weighted by molar-refractivity contribution is -0.0907. The summed E-state index contributed by atoms with van der Waals surface area (Å²) in [6, 6.07) is 0. The second-order valence-electron chi connectivity index (χ2n) is 9.39. The summed E-state index contributed by atoms with van der Waals surface area (Å²) < 4.78 is 0. The number of hydrogen-bond donors (Lipinski definition) is 1. The van der Waals surface area contributed by atoms with Gasteiger partial charge in [0.05, 0.1) is 5.69 Å². The van der Waals surface area contributed by atoms with Crippen molar-refractivity contribution in [2.75, 3.05) is 5.73 Å². The molecule has 1 heterocycles. The van der Waals surface area contributed by atoms with E-state index < -0.39 is 0 Å². The van der Waals surface area contributed by atoms with Crippen LogP contribution in [0.4, 0.5) is 5.13 Å². The first kappa shape index (κ1) is 14.7. The van der Waals surface area contributed by atoms with Gasteiger partial charge < -0.3 is 5.73 Å². The Hall–Kier alpha value is -0.570. The van der Waals surface area contributed by atoms with Crippen molar-refractivity contribution in [2.45, 2.75) is 77.0 Å². The highest BCUT2D eigenvalue weighted by molar-refractivity contribution is 7.15. The number of aromatic nitrogens is 1. The molecule has 4 aliphatic carbocycles. The zero-order valence-corrected chi connectivity index (χ0v) is 15.4. The molecule has 23 heavy (non-hydrogen) atoms. The maximum absolute atomic E-state index is 6.02. The summed E-state index contributed by atoms with van der Waals surface area (Å²) in [7, 11) is 0. The SMILES string of the molecule is C[C@]12CCCC[C@@H]1CC[C@@H]1[C@H]2CC[C@]2(C)c3nc(N)sc3C[C@H]12. The van der Waals surface area contributed by atoms with E-state index in [1.165, 1.54) is 68.4 Å². The summed E-state index contributed by atoms with van der Waals surface area (Å²) >= 11 is 1.77. The van der Waals surface area contributed by atoms with Gasteiger partial charge in [0.2, 0.25) is 0 Å². The molecule has 0 radical (unpaired) electrons. The number of nitrogen functional groups attached to an aromatic ring is 1. The summed E-state index contributed by atoms with van der Waals surface area (Å²) in [4.78, 5) is 6.30. The monoisotopic (exact) mass is 330 g/mol. The fourth-order valence-corrected chi connectivity index (χ4v) is 8.47. The Labute approximate surface area is 144 Å². The number of nitrogens with two attached hydrogens (primary N) is 1. The molecule has 0 saturated heterocycles. The van der Waals surface area contributed by atoms with Crippen molar-refractivity contribution in [1.29, 1.82) is 0 Å². The van der Waals surface area contributed by atoms with Crippen molar-refractivity contribution in [3.8, 4) is 0 Å². The number of anilines is 1. The van der Waals surface area contributed by atoms with Crippen LogP contribution in [0.3, 0.4) is 0 Å². The van der Waals surface area contributed by atoms with Crippen LogP contribution in [0.2, 0.25) is 0 Å². The lowest BCUT2D eigenvalue weighted by Gasteiger charge is -2.59. The fourth-order valence-electron chi connectivity index (χ4n) is 7.44. The van der Waals surface area contributed by atoms with Gasteiger partial charge in [0, 0.05) is 10.3 Å². The van der Waals surface area contributed by atoms with Crippen molar-refractivity contribution in [1.82, 2.24) is 4.98 Å². The third-order valence-electron chi connectivity index (χ3n) is 8.63. The molecule has 0 spiro atoms. The van der Waals surface area contributed by atoms with Crippen molar-refractivity contribution >= 4 is 16.5 Å². The van der Waals surface area contributed by atoms with Gasteiger partial charge in [-0.25, -0.2) is 4.98 Å². The zero-order valence-electron chi connectivity index (χ0n) is 14.6. The molecule has 5 rings (SSSR count). The number of hydrogen-bond acceptors (Lipinski definition) is 3. The van der Waals surface area contributed by atoms with Gasteiger partial charge in [-0.2, -0.15) is 0 Å². The third-order valence-corrected chi connectivity index (χ3v) is 9.54. The Bertz CT molecular complexity index is 638. The minimum atomic E-state index is 0.322. The molecule has 3 heteroatoms. The molecule has 0 bridgehead atoms. The highest BCUT2D eigenvalue weighted by Gasteiger charge is 2.59. The van der Waals surface area contributed by atoms with E-state index in [1.807, 2.05) is 0 Å². The van der Waals surface area contributed by atoms with E-state index in [2.05, 4.69) is 13.8 Å². The predicted molar refractivity (Wildman–Crippen MR) is 96.6 cm³/mol. The molecular weight excluding hydrogens is 300 g/mol. The maximum Gasteiger partial charge on any atom is 0.180 e. The quantitative estimate of drug-likeness (QED) is 0.712. The van der Waals surface area contributed by atoms with E-state index in [1.54, 1.807) is 11.3 Å². The first-order valence-electron chi connectivity index (χ1n) is 9.78. The molecule has 3 saturated carbocycles. The molecule has 126 valence electrons. The minimum absolute atomic E-state index is 0.322. The van der Waals surface area contributed by atoms with Crippen LogP contribution in [0.5, 0.6) is 0 Å². The first-order chi connectivity index (χ1) is 11.0. The predicted octanol–water partition coefficient (Wildman–Crippen LogP) is 5.17. The van der Waals surface area contributed by atoms with Gasteiger partial charge in [0.15, 0.2) is 5.13 Å².